The minimum absolute atomic E-state index is 0. The van der Waals surface area contributed by atoms with Crippen molar-refractivity contribution in [3.63, 3.8) is 0 Å². The van der Waals surface area contributed by atoms with Crippen molar-refractivity contribution in [2.75, 3.05) is 26.9 Å². The van der Waals surface area contributed by atoms with Crippen LogP contribution in [0.3, 0.4) is 0 Å². The molecule has 4 aliphatic rings. The molecule has 0 aromatic heterocycles. The van der Waals surface area contributed by atoms with E-state index in [0.29, 0.717) is 6.42 Å². The van der Waals surface area contributed by atoms with E-state index in [1.807, 2.05) is 27.7 Å². The van der Waals surface area contributed by atoms with E-state index < -0.39 is 163 Å². The number of hydrogen-bond acceptors (Lipinski definition) is 26. The van der Waals surface area contributed by atoms with E-state index in [1.165, 1.54) is 20.8 Å². The number of nitrogens with zero attached hydrogens (tertiary/aromatic N) is 2. The molecule has 4 saturated heterocycles. The normalized spacial score (nSPS) is 33.0. The molecule has 4 unspecified atom stereocenters. The standard InChI is InChI=1S/C31H49NO11.C21H35NO12.CH3O.CH4.Na.H6P4/c1-12-22-18(4)25(39-20(6)34)26(40-21(7)35)28(41-22)43-27-17(3)16(2)24(38-19(5)33)23(42-27)13-37-29(36)31(10,11)14-30(8,9)15-32;1-20(2,8-22)7-21(3,4)19(30)31-6-10-12(25)14(27)16(29)18(33-10)34-17-15(28)13(26)11(24)9(5-23)32-17;1-2;;;1-4(2)3/h16-18,22-28H,12-14H2,1-11H3;9-18,23-29H,5-7H2,1-4H3;1H3;1H4;;1-3H2/q;;-1;;+1;/t16-,17-,18-,22-,23-,24?,25+,26-,27-,28-;9-,10-,11-,12-,13+,14+,15-,16-,17-,18-;;;;/m11..../s1. The summed E-state index contributed by atoms with van der Waals surface area (Å²) >= 11 is 0. The van der Waals surface area contributed by atoms with Crippen LogP contribution in [0.25, 0.3) is 0 Å². The molecule has 4 aliphatic heterocycles. The Morgan fingerprint density at radius 2 is 0.871 bits per heavy atom. The molecule has 0 aliphatic carbocycles. The number of hydrogen-bond donors (Lipinski definition) is 7. The third-order valence-electron chi connectivity index (χ3n) is 14.1. The number of carbonyl (C=O) groups is 5. The van der Waals surface area contributed by atoms with E-state index in [0.717, 1.165) is 7.11 Å². The zero-order chi connectivity index (χ0) is 64.4. The molecule has 0 bridgehead atoms. The van der Waals surface area contributed by atoms with Crippen LogP contribution < -0.4 is 34.7 Å². The van der Waals surface area contributed by atoms with Gasteiger partial charge < -0.3 is 93.0 Å². The van der Waals surface area contributed by atoms with Gasteiger partial charge in [-0.3, -0.25) is 24.0 Å². The second-order valence-corrected chi connectivity index (χ2v) is 35.2. The first-order chi connectivity index (χ1) is 38.2. The van der Waals surface area contributed by atoms with Crippen LogP contribution in [0.5, 0.6) is 0 Å². The number of rotatable bonds is 19. The van der Waals surface area contributed by atoms with E-state index in [-0.39, 0.29) is 87.3 Å². The van der Waals surface area contributed by atoms with Gasteiger partial charge in [0.2, 0.25) is 6.29 Å². The molecule has 4 heterocycles. The number of aliphatic hydroxyl groups is 7. The quantitative estimate of drug-likeness (QED) is 0.0376. The third kappa shape index (κ3) is 26.3. The summed E-state index contributed by atoms with van der Waals surface area (Å²) < 4.78 is 62.5. The van der Waals surface area contributed by atoms with Gasteiger partial charge in [-0.2, -0.15) is 17.6 Å². The van der Waals surface area contributed by atoms with E-state index in [1.54, 1.807) is 55.4 Å². The number of ether oxygens (including phenoxy) is 11. The van der Waals surface area contributed by atoms with Gasteiger partial charge in [0.15, 0.2) is 25.0 Å². The van der Waals surface area contributed by atoms with E-state index >= 15 is 0 Å². The van der Waals surface area contributed by atoms with E-state index in [4.69, 9.17) is 57.2 Å². The second kappa shape index (κ2) is 38.4. The van der Waals surface area contributed by atoms with Gasteiger partial charge in [0.1, 0.15) is 80.4 Å². The third-order valence-corrected chi connectivity index (χ3v) is 14.1. The molecule has 26 nitrogen and oxygen atoms in total. The van der Waals surface area contributed by atoms with Crippen molar-refractivity contribution in [1.82, 2.24) is 0 Å². The van der Waals surface area contributed by atoms with Gasteiger partial charge in [0, 0.05) is 38.5 Å². The van der Waals surface area contributed by atoms with Crippen LogP contribution in [0, 0.1) is 62.1 Å². The summed E-state index contributed by atoms with van der Waals surface area (Å²) in [6.45, 7) is 23.4. The Morgan fingerprint density at radius 3 is 1.26 bits per heavy atom. The first-order valence-electron chi connectivity index (χ1n) is 27.0. The van der Waals surface area contributed by atoms with Crippen LogP contribution in [-0.2, 0) is 76.1 Å². The van der Waals surface area contributed by atoms with Crippen LogP contribution >= 0.6 is 33.8 Å². The maximum atomic E-state index is 13.1. The average Bonchev–Trinajstić information content (AvgIpc) is 3.50. The maximum Gasteiger partial charge on any atom is 1.00 e. The number of aliphatic hydroxyl groups excluding tert-OH is 7. The van der Waals surface area contributed by atoms with Crippen molar-refractivity contribution in [2.24, 2.45) is 39.4 Å². The van der Waals surface area contributed by atoms with Crippen molar-refractivity contribution >= 4 is 63.6 Å². The molecule has 31 heteroatoms. The predicted octanol–water partition coefficient (Wildman–Crippen LogP) is -0.350. The van der Waals surface area contributed by atoms with Gasteiger partial charge in [-0.1, -0.05) is 35.1 Å². The maximum absolute atomic E-state index is 13.1. The molecule has 0 radical (unpaired) electrons. The average molecular weight is 1310 g/mol. The van der Waals surface area contributed by atoms with E-state index in [2.05, 4.69) is 38.9 Å². The van der Waals surface area contributed by atoms with E-state index in [9.17, 15) is 70.2 Å². The van der Waals surface area contributed by atoms with Gasteiger partial charge in [-0.15, -0.1) is 26.8 Å². The monoisotopic (exact) mass is 1300 g/mol. The summed E-state index contributed by atoms with van der Waals surface area (Å²) in [6, 6.07) is 4.31. The Morgan fingerprint density at radius 1 is 0.529 bits per heavy atom. The Kier molecular flexibility index (Phi) is 38.6. The Hall–Kier alpha value is -1.51. The zero-order valence-corrected chi connectivity index (χ0v) is 57.8. The molecule has 4 rings (SSSR count). The SMILES string of the molecule is C.CC(C)(C#N)CC(C)(C)C(=O)OC[C@H]1O[C@H](O[C@H]2O[C@H](CO)[C@@H](O)[C@H](O)[C@H]2O)[C@H](O)[C@@H](O)[C@@H]1O.CC[C@H]1O[C@H](O[C@H]2O[C@H](COC(=O)C(C)(C)CC(C)(C)C#N)C(OC(C)=O)[C@H](C)[C@H]2C)[C@H](OC(C)=O)[C@@H](OC(C)=O)[C@@H]1C.C[O-].PP(P)P.[Na+]. The summed E-state index contributed by atoms with van der Waals surface area (Å²) in [5.41, 5.74) is -3.56. The van der Waals surface area contributed by atoms with Crippen LogP contribution in [-0.4, -0.2) is 197 Å². The van der Waals surface area contributed by atoms with Crippen molar-refractivity contribution in [2.45, 2.75) is 235 Å². The Bertz CT molecular complexity index is 2150. The molecular weight excluding hydrogens is 1210 g/mol. The summed E-state index contributed by atoms with van der Waals surface area (Å²) in [5.74, 6) is -3.82. The minimum atomic E-state index is -1.82. The molecule has 4 fully saturated rings. The van der Waals surface area contributed by atoms with Crippen LogP contribution in [0.1, 0.15) is 131 Å². The minimum Gasteiger partial charge on any atom is -0.857 e. The fraction of sp³-hybridized carbons (Fsp3) is 0.870. The molecule has 488 valence electrons. The fourth-order valence-corrected chi connectivity index (χ4v) is 9.97. The number of nitriles is 2. The number of carbonyl (C=O) groups excluding carboxylic acids is 5. The summed E-state index contributed by atoms with van der Waals surface area (Å²) in [7, 11) is 8.69. The first-order valence-corrected chi connectivity index (χ1v) is 33.2. The van der Waals surface area contributed by atoms with Crippen LogP contribution in [0.15, 0.2) is 0 Å². The molecule has 23 atom stereocenters. The van der Waals surface area contributed by atoms with Crippen molar-refractivity contribution in [3.05, 3.63) is 0 Å². The van der Waals surface area contributed by atoms with Crippen molar-refractivity contribution < 1.29 is 146 Å². The smallest absolute Gasteiger partial charge is 0.857 e. The zero-order valence-electron chi connectivity index (χ0n) is 51.4. The van der Waals surface area contributed by atoms with Gasteiger partial charge in [-0.05, 0) is 81.6 Å². The summed E-state index contributed by atoms with van der Waals surface area (Å²) in [6.07, 6.45) is -21.5. The molecule has 7 N–H and O–H groups in total. The second-order valence-electron chi connectivity index (χ2n) is 23.5. The predicted molar refractivity (Wildman–Crippen MR) is 311 cm³/mol. The Balaban J connectivity index is 0. The molecule has 0 saturated carbocycles. The van der Waals surface area contributed by atoms with Gasteiger partial charge >= 0.3 is 59.4 Å². The first kappa shape index (κ1) is 85.6. The molecule has 0 aromatic rings. The van der Waals surface area contributed by atoms with Crippen molar-refractivity contribution in [1.29, 1.82) is 10.5 Å². The topological polar surface area (TPSA) is 399 Å². The molecule has 0 amide bonds. The number of esters is 5. The largest absolute Gasteiger partial charge is 1.00 e. The van der Waals surface area contributed by atoms with Gasteiger partial charge in [0.25, 0.3) is 0 Å². The van der Waals surface area contributed by atoms with Crippen LogP contribution in [0.4, 0.5) is 0 Å². The summed E-state index contributed by atoms with van der Waals surface area (Å²) in [4.78, 5) is 61.7. The Labute approximate surface area is 531 Å². The van der Waals surface area contributed by atoms with Crippen LogP contribution in [0.2, 0.25) is 0 Å². The molecule has 0 aromatic carbocycles. The summed E-state index contributed by atoms with van der Waals surface area (Å²) in [5, 5.41) is 96.8. The molecule has 85 heavy (non-hydrogen) atoms. The van der Waals surface area contributed by atoms with Gasteiger partial charge in [-0.25, -0.2) is 0 Å². The van der Waals surface area contributed by atoms with Gasteiger partial charge in [0.05, 0.1) is 46.5 Å². The fourth-order valence-electron chi connectivity index (χ4n) is 9.97. The molecule has 0 spiro atoms. The molecular formula is C54H97N2NaO24P4. The van der Waals surface area contributed by atoms with Crippen molar-refractivity contribution in [3.8, 4) is 12.1 Å².